The molecule has 0 saturated carbocycles. The highest BCUT2D eigenvalue weighted by atomic mass is 16.7. The second-order valence-electron chi connectivity index (χ2n) is 25.6. The van der Waals surface area contributed by atoms with Gasteiger partial charge in [-0.3, -0.25) is 0 Å². The van der Waals surface area contributed by atoms with Crippen molar-refractivity contribution >= 4 is 0 Å². The average Bonchev–Trinajstić information content (AvgIpc) is 3.41. The quantitative estimate of drug-likeness (QED) is 0.299. The maximum atomic E-state index is 11.9. The molecule has 14 fully saturated rings. The second-order valence-corrected chi connectivity index (χ2v) is 25.6. The van der Waals surface area contributed by atoms with Crippen LogP contribution in [0.4, 0.5) is 0 Å². The minimum Gasteiger partial charge on any atom is -0.392 e. The molecule has 0 aromatic carbocycles. The number of aliphatic hydroxyl groups is 4. The molecule has 0 spiro atoms. The standard InChI is InChI=1S/C55H82O18/c1-24(23-56)5-6-26-11-32-33(61-26)13-28(58)52-46(65-32)19-41-35(70-52)14-29(59)53-47(66-41)20-43-49(71-53)22-55(4)51(69-43)10-8-31-45(73-55)18-40-37(63-31)15-39-38(64-40)16-42-48(67-39)21-54(3)50(68-42)9-7-30-44(72-54)17-36-34(62-30)12-27(57)25(2)60-36/h5,25-53,56-59H,6-23H2,1-4H3/b24-5+/t25-,26+,27+,28+,29+,30+,31+,32+,33-,34-,35-,36+,37-,38-,39+,40+,41+,42+,43+,44-,45-,46-,47-,48-,49-,50-,51-,52+,53+,54+,55+/m1/s1. The third kappa shape index (κ3) is 9.18. The lowest BCUT2D eigenvalue weighted by Gasteiger charge is -2.56. The van der Waals surface area contributed by atoms with Crippen LogP contribution in [0.5, 0.6) is 0 Å². The highest BCUT2D eigenvalue weighted by Gasteiger charge is 2.62. The number of hydrogen-bond donors (Lipinski definition) is 4. The Morgan fingerprint density at radius 1 is 0.411 bits per heavy atom. The summed E-state index contributed by atoms with van der Waals surface area (Å²) in [5, 5.41) is 43.3. The topological polar surface area (TPSA) is 210 Å². The number of ether oxygens (including phenoxy) is 14. The van der Waals surface area contributed by atoms with Crippen LogP contribution in [-0.4, -0.2) is 215 Å². The van der Waals surface area contributed by atoms with Crippen LogP contribution >= 0.6 is 0 Å². The molecule has 410 valence electrons. The van der Waals surface area contributed by atoms with Crippen molar-refractivity contribution in [1.29, 1.82) is 0 Å². The fraction of sp³-hybridized carbons (Fsp3) is 0.964. The molecule has 18 nitrogen and oxygen atoms in total. The minimum absolute atomic E-state index is 0.0228. The van der Waals surface area contributed by atoms with Crippen molar-refractivity contribution < 1.29 is 86.7 Å². The first-order valence-corrected chi connectivity index (χ1v) is 28.7. The van der Waals surface area contributed by atoms with Crippen LogP contribution in [0.1, 0.15) is 137 Å². The molecule has 31 atom stereocenters. The maximum Gasteiger partial charge on any atom is 0.110 e. The highest BCUT2D eigenvalue weighted by Crippen LogP contribution is 2.52. The zero-order valence-electron chi connectivity index (χ0n) is 43.1. The van der Waals surface area contributed by atoms with Crippen LogP contribution in [0, 0.1) is 0 Å². The number of aliphatic hydroxyl groups excluding tert-OH is 4. The molecule has 14 aliphatic heterocycles. The van der Waals surface area contributed by atoms with Crippen LogP contribution in [0.15, 0.2) is 11.6 Å². The molecule has 14 aliphatic rings. The van der Waals surface area contributed by atoms with Gasteiger partial charge in [-0.15, -0.1) is 0 Å². The molecule has 18 heteroatoms. The van der Waals surface area contributed by atoms with E-state index in [1.54, 1.807) is 0 Å². The van der Waals surface area contributed by atoms with Crippen molar-refractivity contribution in [3.8, 4) is 0 Å². The first kappa shape index (κ1) is 50.3. The van der Waals surface area contributed by atoms with E-state index in [1.165, 1.54) is 0 Å². The first-order chi connectivity index (χ1) is 35.2. The molecule has 14 saturated heterocycles. The van der Waals surface area contributed by atoms with Gasteiger partial charge in [0.1, 0.15) is 12.2 Å². The summed E-state index contributed by atoms with van der Waals surface area (Å²) in [6.07, 6.45) is 5.95. The molecular formula is C55H82O18. The summed E-state index contributed by atoms with van der Waals surface area (Å²) >= 11 is 0. The molecule has 14 rings (SSSR count). The van der Waals surface area contributed by atoms with Crippen molar-refractivity contribution in [2.24, 2.45) is 0 Å². The van der Waals surface area contributed by atoms with Gasteiger partial charge < -0.3 is 86.7 Å². The van der Waals surface area contributed by atoms with Gasteiger partial charge in [0.05, 0.1) is 183 Å². The summed E-state index contributed by atoms with van der Waals surface area (Å²) in [4.78, 5) is 0. The molecule has 73 heavy (non-hydrogen) atoms. The van der Waals surface area contributed by atoms with Gasteiger partial charge in [-0.25, -0.2) is 0 Å². The molecule has 0 radical (unpaired) electrons. The Morgan fingerprint density at radius 2 is 0.795 bits per heavy atom. The Kier molecular flexibility index (Phi) is 13.3. The fourth-order valence-corrected chi connectivity index (χ4v) is 16.6. The predicted molar refractivity (Wildman–Crippen MR) is 254 cm³/mol. The predicted octanol–water partition coefficient (Wildman–Crippen LogP) is 3.18. The summed E-state index contributed by atoms with van der Waals surface area (Å²) in [6.45, 7) is 8.22. The van der Waals surface area contributed by atoms with E-state index in [0.717, 1.165) is 63.4 Å². The van der Waals surface area contributed by atoms with E-state index in [9.17, 15) is 20.4 Å². The Morgan fingerprint density at radius 3 is 1.36 bits per heavy atom. The average molecular weight is 1030 g/mol. The fourth-order valence-electron chi connectivity index (χ4n) is 16.6. The molecule has 0 aliphatic carbocycles. The normalized spacial score (nSPS) is 59.4. The maximum absolute atomic E-state index is 11.9. The van der Waals surface area contributed by atoms with Gasteiger partial charge in [-0.2, -0.15) is 0 Å². The van der Waals surface area contributed by atoms with Crippen LogP contribution in [0.3, 0.4) is 0 Å². The largest absolute Gasteiger partial charge is 0.392 e. The van der Waals surface area contributed by atoms with E-state index in [4.69, 9.17) is 66.3 Å². The summed E-state index contributed by atoms with van der Waals surface area (Å²) in [7, 11) is 0. The second kappa shape index (κ2) is 19.4. The lowest BCUT2D eigenvalue weighted by atomic mass is 9.80. The molecule has 0 amide bonds. The van der Waals surface area contributed by atoms with E-state index < -0.39 is 53.9 Å². The molecule has 0 unspecified atom stereocenters. The number of fused-ring (bicyclic) bond motifs is 13. The summed E-state index contributed by atoms with van der Waals surface area (Å²) in [6, 6.07) is 0. The SMILES string of the molecule is C/C(=C\C[C@H]1C[C@@H]2O[C@@H]3C[C@@H]4O[C@@H]5C[C@@H]6O[C@@H]7CC[C@@H]8O[C@@H]9C[C@@H]%10O[C@@H]%11C[C@]%12(C)O[C@@H]%13C[C@@H]%14O[C@H](C)[C@@H](O)C[C@H]%14O[C@H]%13CC[C@H]%12O[C@H]%11C[C@H]%10O[C@H]9C[C@H]8O[C@@]7(C)C[C@H]6O[C@H]5[C@@H](O)C[C@H]4O[C@H]3[C@@H](O)C[C@H]2O1)CO. The monoisotopic (exact) mass is 1030 g/mol. The molecule has 0 bridgehead atoms. The van der Waals surface area contributed by atoms with E-state index in [-0.39, 0.29) is 141 Å². The molecule has 0 aromatic heterocycles. The molecular weight excluding hydrogens is 949 g/mol. The Hall–Kier alpha value is -0.980. The van der Waals surface area contributed by atoms with Crippen molar-refractivity contribution in [1.82, 2.24) is 0 Å². The van der Waals surface area contributed by atoms with Crippen LogP contribution in [0.25, 0.3) is 0 Å². The van der Waals surface area contributed by atoms with E-state index in [2.05, 4.69) is 13.8 Å². The van der Waals surface area contributed by atoms with Crippen LogP contribution in [-0.2, 0) is 66.3 Å². The summed E-state index contributed by atoms with van der Waals surface area (Å²) < 4.78 is 95.6. The third-order valence-electron chi connectivity index (χ3n) is 20.5. The van der Waals surface area contributed by atoms with Gasteiger partial charge in [-0.1, -0.05) is 11.6 Å². The van der Waals surface area contributed by atoms with Crippen molar-refractivity contribution in [3.05, 3.63) is 11.6 Å². The zero-order chi connectivity index (χ0) is 49.7. The van der Waals surface area contributed by atoms with Crippen molar-refractivity contribution in [2.45, 2.75) is 325 Å². The Balaban J connectivity index is 0.601. The first-order valence-electron chi connectivity index (χ1n) is 28.7. The van der Waals surface area contributed by atoms with Gasteiger partial charge in [0.25, 0.3) is 0 Å². The smallest absolute Gasteiger partial charge is 0.110 e. The summed E-state index contributed by atoms with van der Waals surface area (Å²) in [5.74, 6) is 0. The van der Waals surface area contributed by atoms with Crippen molar-refractivity contribution in [2.75, 3.05) is 6.61 Å². The van der Waals surface area contributed by atoms with Crippen LogP contribution in [0.2, 0.25) is 0 Å². The Labute approximate surface area is 428 Å². The van der Waals surface area contributed by atoms with Gasteiger partial charge in [0, 0.05) is 77.0 Å². The van der Waals surface area contributed by atoms with Crippen LogP contribution < -0.4 is 0 Å². The van der Waals surface area contributed by atoms with Gasteiger partial charge in [0.15, 0.2) is 0 Å². The van der Waals surface area contributed by atoms with Gasteiger partial charge >= 0.3 is 0 Å². The van der Waals surface area contributed by atoms with E-state index >= 15 is 0 Å². The van der Waals surface area contributed by atoms with Gasteiger partial charge in [-0.05, 0) is 59.8 Å². The van der Waals surface area contributed by atoms with E-state index in [0.29, 0.717) is 51.4 Å². The summed E-state index contributed by atoms with van der Waals surface area (Å²) in [5.41, 5.74) is -0.252. The van der Waals surface area contributed by atoms with Crippen molar-refractivity contribution in [3.63, 3.8) is 0 Å². The Bertz CT molecular complexity index is 2030. The zero-order valence-corrected chi connectivity index (χ0v) is 43.1. The lowest BCUT2D eigenvalue weighted by Crippen LogP contribution is -2.65. The van der Waals surface area contributed by atoms with Gasteiger partial charge in [0.2, 0.25) is 0 Å². The molecule has 4 N–H and O–H groups in total. The molecule has 0 aromatic rings. The van der Waals surface area contributed by atoms with E-state index in [1.807, 2.05) is 19.9 Å². The number of rotatable bonds is 3. The highest BCUT2D eigenvalue weighted by molar-refractivity contribution is 5.10. The molecule has 14 heterocycles. The number of hydrogen-bond acceptors (Lipinski definition) is 18. The lowest BCUT2D eigenvalue weighted by molar-refractivity contribution is -0.329. The minimum atomic E-state index is -0.830. The third-order valence-corrected chi connectivity index (χ3v) is 20.5.